The molecule has 0 radical (unpaired) electrons. The Morgan fingerprint density at radius 3 is 2.29 bits per heavy atom. The fourth-order valence-corrected chi connectivity index (χ4v) is 5.03. The Bertz CT molecular complexity index is 582. The minimum atomic E-state index is -3.18. The van der Waals surface area contributed by atoms with Crippen molar-refractivity contribution in [2.75, 3.05) is 19.0 Å². The highest BCUT2D eigenvalue weighted by molar-refractivity contribution is 7.92. The molecule has 1 fully saturated rings. The van der Waals surface area contributed by atoms with Crippen LogP contribution in [0.4, 0.5) is 0 Å². The predicted molar refractivity (Wildman–Crippen MR) is 85.2 cm³/mol. The van der Waals surface area contributed by atoms with Gasteiger partial charge in [-0.05, 0) is 24.5 Å². The molecule has 4 nitrogen and oxygen atoms in total. The Balaban J connectivity index is 2.30. The van der Waals surface area contributed by atoms with E-state index in [2.05, 4.69) is 6.92 Å². The lowest BCUT2D eigenvalue weighted by atomic mass is 10.0. The van der Waals surface area contributed by atoms with Gasteiger partial charge in [0.25, 0.3) is 0 Å². The second-order valence-corrected chi connectivity index (χ2v) is 8.11. The largest absolute Gasteiger partial charge is 0.380 e. The smallest absolute Gasteiger partial charge is 0.155 e. The molecular weight excluding hydrogens is 286 g/mol. The lowest BCUT2D eigenvalue weighted by Crippen LogP contribution is -2.36. The van der Waals surface area contributed by atoms with E-state index in [9.17, 15) is 8.42 Å². The highest BCUT2D eigenvalue weighted by Crippen LogP contribution is 2.54. The zero-order chi connectivity index (χ0) is 15.7. The lowest BCUT2D eigenvalue weighted by Gasteiger charge is -2.12. The molecule has 21 heavy (non-hydrogen) atoms. The number of nitrogens with two attached hydrogens (primary N) is 1. The summed E-state index contributed by atoms with van der Waals surface area (Å²) in [4.78, 5) is 0. The van der Waals surface area contributed by atoms with Crippen molar-refractivity contribution < 1.29 is 13.2 Å². The third-order valence-electron chi connectivity index (χ3n) is 4.39. The van der Waals surface area contributed by atoms with E-state index in [4.69, 9.17) is 10.5 Å². The zero-order valence-electron chi connectivity index (χ0n) is 13.0. The first-order valence-corrected chi connectivity index (χ1v) is 9.29. The maximum atomic E-state index is 12.3. The van der Waals surface area contributed by atoms with E-state index in [1.54, 1.807) is 6.92 Å². The molecule has 3 atom stereocenters. The highest BCUT2D eigenvalue weighted by atomic mass is 32.2. The van der Waals surface area contributed by atoms with Crippen molar-refractivity contribution in [2.45, 2.75) is 43.9 Å². The normalized spacial score (nSPS) is 28.6. The van der Waals surface area contributed by atoms with Crippen LogP contribution < -0.4 is 5.73 Å². The molecule has 1 aliphatic carbocycles. The highest BCUT2D eigenvalue weighted by Gasteiger charge is 2.68. The molecule has 2 rings (SSSR count). The van der Waals surface area contributed by atoms with Crippen LogP contribution in [0.5, 0.6) is 0 Å². The van der Waals surface area contributed by atoms with Gasteiger partial charge in [-0.1, -0.05) is 38.1 Å². The standard InChI is InChI=1S/C16H25NO3S/c1-4-12-7-9-13(10-8-12)14-15(21(18,19)6-3)16(14,17)11-20-5-2/h7-10,14-15H,4-6,11,17H2,1-3H3/t14-,15-,16-/m0/s1. The minimum absolute atomic E-state index is 0.117. The fourth-order valence-electron chi connectivity index (χ4n) is 3.04. The molecule has 1 saturated carbocycles. The van der Waals surface area contributed by atoms with Gasteiger partial charge in [-0.25, -0.2) is 8.42 Å². The minimum Gasteiger partial charge on any atom is -0.380 e. The molecule has 0 spiro atoms. The molecule has 118 valence electrons. The first-order valence-electron chi connectivity index (χ1n) is 7.57. The molecule has 1 aromatic carbocycles. The quantitative estimate of drug-likeness (QED) is 0.835. The molecule has 0 heterocycles. The Kier molecular flexibility index (Phi) is 4.76. The van der Waals surface area contributed by atoms with Crippen LogP contribution in [0.25, 0.3) is 0 Å². The van der Waals surface area contributed by atoms with Gasteiger partial charge in [0.15, 0.2) is 9.84 Å². The van der Waals surface area contributed by atoms with Gasteiger partial charge in [-0.15, -0.1) is 0 Å². The number of aryl methyl sites for hydroxylation is 1. The number of hydrogen-bond donors (Lipinski definition) is 1. The SMILES string of the molecule is CCOC[C@]1(N)[C@@H](c2ccc(CC)cc2)[C@@H]1S(=O)(=O)CC. The van der Waals surface area contributed by atoms with Crippen molar-refractivity contribution in [3.8, 4) is 0 Å². The van der Waals surface area contributed by atoms with Crippen LogP contribution in [-0.4, -0.2) is 38.2 Å². The van der Waals surface area contributed by atoms with Crippen LogP contribution in [0.2, 0.25) is 0 Å². The first-order chi connectivity index (χ1) is 9.90. The summed E-state index contributed by atoms with van der Waals surface area (Å²) in [6.07, 6.45) is 0.967. The van der Waals surface area contributed by atoms with Crippen LogP contribution >= 0.6 is 0 Å². The topological polar surface area (TPSA) is 69.4 Å². The van der Waals surface area contributed by atoms with Crippen molar-refractivity contribution in [3.63, 3.8) is 0 Å². The molecule has 0 aliphatic heterocycles. The number of sulfone groups is 1. The summed E-state index contributed by atoms with van der Waals surface area (Å²) in [5.74, 6) is -0.0494. The monoisotopic (exact) mass is 311 g/mol. The molecule has 0 unspecified atom stereocenters. The molecule has 2 N–H and O–H groups in total. The molecule has 0 amide bonds. The van der Waals surface area contributed by atoms with Gasteiger partial charge in [0.2, 0.25) is 0 Å². The van der Waals surface area contributed by atoms with E-state index < -0.39 is 20.6 Å². The first kappa shape index (κ1) is 16.5. The van der Waals surface area contributed by atoms with Crippen LogP contribution in [-0.2, 0) is 21.0 Å². The Labute approximate surface area is 127 Å². The summed E-state index contributed by atoms with van der Waals surface area (Å²) in [7, 11) is -3.18. The Hall–Kier alpha value is -0.910. The van der Waals surface area contributed by atoms with Crippen LogP contribution in [0.15, 0.2) is 24.3 Å². The summed E-state index contributed by atoms with van der Waals surface area (Å²) in [5.41, 5.74) is 7.82. The van der Waals surface area contributed by atoms with E-state index in [0.717, 1.165) is 12.0 Å². The number of ether oxygens (including phenoxy) is 1. The van der Waals surface area contributed by atoms with E-state index >= 15 is 0 Å². The van der Waals surface area contributed by atoms with Gasteiger partial charge in [-0.3, -0.25) is 0 Å². The van der Waals surface area contributed by atoms with Gasteiger partial charge in [0.05, 0.1) is 17.4 Å². The second kappa shape index (κ2) is 6.07. The van der Waals surface area contributed by atoms with Gasteiger partial charge in [-0.2, -0.15) is 0 Å². The fraction of sp³-hybridized carbons (Fsp3) is 0.625. The van der Waals surface area contributed by atoms with Gasteiger partial charge < -0.3 is 10.5 Å². The van der Waals surface area contributed by atoms with E-state index in [1.165, 1.54) is 5.56 Å². The number of benzene rings is 1. The summed E-state index contributed by atoms with van der Waals surface area (Å²) in [6, 6.07) is 8.10. The van der Waals surface area contributed by atoms with Gasteiger partial charge in [0, 0.05) is 18.3 Å². The molecule has 5 heteroatoms. The zero-order valence-corrected chi connectivity index (χ0v) is 13.8. The Morgan fingerprint density at radius 2 is 1.81 bits per heavy atom. The summed E-state index contributed by atoms with van der Waals surface area (Å²) in [6.45, 7) is 6.48. The van der Waals surface area contributed by atoms with Crippen LogP contribution in [0.1, 0.15) is 37.8 Å². The van der Waals surface area contributed by atoms with Crippen molar-refractivity contribution in [2.24, 2.45) is 5.73 Å². The third kappa shape index (κ3) is 3.00. The number of rotatable bonds is 7. The molecule has 0 bridgehead atoms. The van der Waals surface area contributed by atoms with E-state index in [-0.39, 0.29) is 18.3 Å². The average Bonchev–Trinajstić information content (AvgIpc) is 3.12. The second-order valence-electron chi connectivity index (χ2n) is 5.69. The molecular formula is C16H25NO3S. The Morgan fingerprint density at radius 1 is 1.19 bits per heavy atom. The third-order valence-corrected chi connectivity index (χ3v) is 6.68. The number of hydrogen-bond acceptors (Lipinski definition) is 4. The molecule has 1 aromatic rings. The summed E-state index contributed by atoms with van der Waals surface area (Å²) in [5, 5.41) is -0.533. The molecule has 1 aliphatic rings. The van der Waals surface area contributed by atoms with Crippen molar-refractivity contribution in [3.05, 3.63) is 35.4 Å². The van der Waals surface area contributed by atoms with Crippen molar-refractivity contribution >= 4 is 9.84 Å². The predicted octanol–water partition coefficient (Wildman–Crippen LogP) is 1.88. The van der Waals surface area contributed by atoms with Crippen molar-refractivity contribution in [1.82, 2.24) is 0 Å². The molecule has 0 aromatic heterocycles. The van der Waals surface area contributed by atoms with E-state index in [0.29, 0.717) is 6.61 Å². The van der Waals surface area contributed by atoms with Gasteiger partial charge >= 0.3 is 0 Å². The van der Waals surface area contributed by atoms with Gasteiger partial charge in [0.1, 0.15) is 0 Å². The summed E-state index contributed by atoms with van der Waals surface area (Å²) < 4.78 is 30.1. The summed E-state index contributed by atoms with van der Waals surface area (Å²) >= 11 is 0. The van der Waals surface area contributed by atoms with Crippen molar-refractivity contribution in [1.29, 1.82) is 0 Å². The van der Waals surface area contributed by atoms with E-state index in [1.807, 2.05) is 31.2 Å². The van der Waals surface area contributed by atoms with Crippen LogP contribution in [0.3, 0.4) is 0 Å². The average molecular weight is 311 g/mol. The molecule has 0 saturated heterocycles. The lowest BCUT2D eigenvalue weighted by molar-refractivity contribution is 0.125. The maximum Gasteiger partial charge on any atom is 0.155 e. The maximum absolute atomic E-state index is 12.3. The van der Waals surface area contributed by atoms with Crippen LogP contribution in [0, 0.1) is 0 Å².